The van der Waals surface area contributed by atoms with Crippen molar-refractivity contribution >= 4 is 10.0 Å². The second-order valence-electron chi connectivity index (χ2n) is 3.15. The maximum Gasteiger partial charge on any atom is 0.212 e. The Bertz CT molecular complexity index is 357. The summed E-state index contributed by atoms with van der Waals surface area (Å²) in [6, 6.07) is 3.41. The molecular weight excluding hydrogens is 218 g/mol. The molecule has 0 fully saturated rings. The lowest BCUT2D eigenvalue weighted by Gasteiger charge is -2.04. The smallest absolute Gasteiger partial charge is 0.212 e. The molecule has 0 aromatic carbocycles. The quantitative estimate of drug-likeness (QED) is 0.671. The summed E-state index contributed by atoms with van der Waals surface area (Å²) in [5, 5.41) is 8.51. The Balaban J connectivity index is 2.30. The molecule has 6 heteroatoms. The fourth-order valence-corrected chi connectivity index (χ4v) is 2.16. The molecule has 0 saturated carbocycles. The van der Waals surface area contributed by atoms with Crippen LogP contribution < -0.4 is 4.72 Å². The van der Waals surface area contributed by atoms with Gasteiger partial charge in [-0.2, -0.15) is 0 Å². The van der Waals surface area contributed by atoms with E-state index in [2.05, 4.69) is 4.72 Å². The summed E-state index contributed by atoms with van der Waals surface area (Å²) in [7, 11) is -3.25. The van der Waals surface area contributed by atoms with Crippen molar-refractivity contribution in [2.24, 2.45) is 0 Å². The van der Waals surface area contributed by atoms with Gasteiger partial charge < -0.3 is 9.52 Å². The lowest BCUT2D eigenvalue weighted by Crippen LogP contribution is -2.25. The summed E-state index contributed by atoms with van der Waals surface area (Å²) in [5.74, 6) is 0.620. The van der Waals surface area contributed by atoms with Gasteiger partial charge in [0.2, 0.25) is 10.0 Å². The third-order valence-corrected chi connectivity index (χ3v) is 3.28. The molecule has 0 saturated heterocycles. The summed E-state index contributed by atoms with van der Waals surface area (Å²) in [6.07, 6.45) is 2.46. The molecule has 0 spiro atoms. The molecule has 1 aromatic heterocycles. The Kier molecular flexibility index (Phi) is 4.80. The average Bonchev–Trinajstić information content (AvgIpc) is 2.68. The number of hydrogen-bond acceptors (Lipinski definition) is 4. The number of sulfonamides is 1. The third-order valence-electron chi connectivity index (χ3n) is 1.87. The minimum atomic E-state index is -3.25. The summed E-state index contributed by atoms with van der Waals surface area (Å²) >= 11 is 0. The van der Waals surface area contributed by atoms with Crippen molar-refractivity contribution in [1.29, 1.82) is 0 Å². The number of aliphatic hydroxyl groups excluding tert-OH is 1. The Hall–Kier alpha value is -0.850. The van der Waals surface area contributed by atoms with Crippen LogP contribution in [0.3, 0.4) is 0 Å². The highest BCUT2D eigenvalue weighted by atomic mass is 32.2. The van der Waals surface area contributed by atoms with Gasteiger partial charge in [-0.1, -0.05) is 0 Å². The van der Waals surface area contributed by atoms with Crippen molar-refractivity contribution in [3.63, 3.8) is 0 Å². The van der Waals surface area contributed by atoms with Crippen LogP contribution in [0.15, 0.2) is 22.8 Å². The SMILES string of the molecule is O=S(=O)(CCCCO)NCc1ccco1. The Morgan fingerprint density at radius 1 is 1.40 bits per heavy atom. The predicted molar refractivity (Wildman–Crippen MR) is 55.7 cm³/mol. The van der Waals surface area contributed by atoms with Crippen LogP contribution in [0.1, 0.15) is 18.6 Å². The van der Waals surface area contributed by atoms with E-state index in [1.807, 2.05) is 0 Å². The summed E-state index contributed by atoms with van der Waals surface area (Å²) < 4.78 is 30.1. The van der Waals surface area contributed by atoms with E-state index in [1.165, 1.54) is 6.26 Å². The largest absolute Gasteiger partial charge is 0.468 e. The van der Waals surface area contributed by atoms with Crippen LogP contribution in [-0.4, -0.2) is 25.9 Å². The maximum atomic E-state index is 11.4. The molecule has 0 bridgehead atoms. The van der Waals surface area contributed by atoms with E-state index in [-0.39, 0.29) is 18.9 Å². The lowest BCUT2D eigenvalue weighted by atomic mass is 10.4. The lowest BCUT2D eigenvalue weighted by molar-refractivity contribution is 0.287. The number of unbranched alkanes of at least 4 members (excludes halogenated alkanes) is 1. The molecule has 1 rings (SSSR count). The van der Waals surface area contributed by atoms with Crippen molar-refractivity contribution in [3.8, 4) is 0 Å². The second kappa shape index (κ2) is 5.89. The molecule has 1 aromatic rings. The zero-order valence-electron chi connectivity index (χ0n) is 8.35. The fourth-order valence-electron chi connectivity index (χ4n) is 1.07. The van der Waals surface area contributed by atoms with Crippen molar-refractivity contribution in [2.75, 3.05) is 12.4 Å². The van der Waals surface area contributed by atoms with Crippen LogP contribution in [0.4, 0.5) is 0 Å². The van der Waals surface area contributed by atoms with E-state index in [9.17, 15) is 8.42 Å². The molecule has 0 radical (unpaired) electrons. The van der Waals surface area contributed by atoms with E-state index in [0.29, 0.717) is 18.6 Å². The molecular formula is C9H15NO4S. The van der Waals surface area contributed by atoms with Gasteiger partial charge in [0.05, 0.1) is 18.6 Å². The second-order valence-corrected chi connectivity index (χ2v) is 5.08. The van der Waals surface area contributed by atoms with E-state index in [1.54, 1.807) is 12.1 Å². The summed E-state index contributed by atoms with van der Waals surface area (Å²) in [5.41, 5.74) is 0. The topological polar surface area (TPSA) is 79.5 Å². The van der Waals surface area contributed by atoms with Crippen molar-refractivity contribution < 1.29 is 17.9 Å². The highest BCUT2D eigenvalue weighted by Gasteiger charge is 2.09. The van der Waals surface area contributed by atoms with Crippen molar-refractivity contribution in [1.82, 2.24) is 4.72 Å². The molecule has 0 unspecified atom stereocenters. The zero-order valence-corrected chi connectivity index (χ0v) is 9.16. The first kappa shape index (κ1) is 12.2. The van der Waals surface area contributed by atoms with Gasteiger partial charge in [0.1, 0.15) is 5.76 Å². The molecule has 2 N–H and O–H groups in total. The molecule has 0 amide bonds. The van der Waals surface area contributed by atoms with Crippen LogP contribution in [0.2, 0.25) is 0 Å². The zero-order chi connectivity index (χ0) is 11.1. The average molecular weight is 233 g/mol. The van der Waals surface area contributed by atoms with Crippen LogP contribution >= 0.6 is 0 Å². The standard InChI is InChI=1S/C9H15NO4S/c11-5-1-2-7-15(12,13)10-8-9-4-3-6-14-9/h3-4,6,10-11H,1-2,5,7-8H2. The number of nitrogens with one attached hydrogen (secondary N) is 1. The summed E-state index contributed by atoms with van der Waals surface area (Å²) in [4.78, 5) is 0. The van der Waals surface area contributed by atoms with Crippen LogP contribution in [0.5, 0.6) is 0 Å². The molecule has 1 heterocycles. The highest BCUT2D eigenvalue weighted by molar-refractivity contribution is 7.89. The van der Waals surface area contributed by atoms with E-state index < -0.39 is 10.0 Å². The fraction of sp³-hybridized carbons (Fsp3) is 0.556. The van der Waals surface area contributed by atoms with Crippen LogP contribution in [0.25, 0.3) is 0 Å². The normalized spacial score (nSPS) is 11.8. The van der Waals surface area contributed by atoms with Gasteiger partial charge in [-0.25, -0.2) is 13.1 Å². The minimum absolute atomic E-state index is 0.0215. The van der Waals surface area contributed by atoms with Gasteiger partial charge in [-0.3, -0.25) is 0 Å². The van der Waals surface area contributed by atoms with Gasteiger partial charge in [-0.05, 0) is 25.0 Å². The number of aliphatic hydroxyl groups is 1. The summed E-state index contributed by atoms with van der Waals surface area (Å²) in [6.45, 7) is 0.197. The Labute approximate surface area is 89.2 Å². The van der Waals surface area contributed by atoms with Gasteiger partial charge in [-0.15, -0.1) is 0 Å². The molecule has 0 aliphatic rings. The minimum Gasteiger partial charge on any atom is -0.468 e. The van der Waals surface area contributed by atoms with Crippen LogP contribution in [-0.2, 0) is 16.6 Å². The molecule has 86 valence electrons. The highest BCUT2D eigenvalue weighted by Crippen LogP contribution is 2.01. The monoisotopic (exact) mass is 233 g/mol. The van der Waals surface area contributed by atoms with Gasteiger partial charge in [0, 0.05) is 6.61 Å². The van der Waals surface area contributed by atoms with Gasteiger partial charge in [0.15, 0.2) is 0 Å². The third kappa shape index (κ3) is 4.96. The molecule has 0 aliphatic carbocycles. The van der Waals surface area contributed by atoms with E-state index >= 15 is 0 Å². The van der Waals surface area contributed by atoms with Crippen molar-refractivity contribution in [3.05, 3.63) is 24.2 Å². The van der Waals surface area contributed by atoms with E-state index in [0.717, 1.165) is 0 Å². The molecule has 0 aliphatic heterocycles. The Morgan fingerprint density at radius 3 is 2.80 bits per heavy atom. The van der Waals surface area contributed by atoms with Gasteiger partial charge in [0.25, 0.3) is 0 Å². The van der Waals surface area contributed by atoms with Gasteiger partial charge >= 0.3 is 0 Å². The number of hydrogen-bond donors (Lipinski definition) is 2. The number of rotatable bonds is 7. The molecule has 15 heavy (non-hydrogen) atoms. The maximum absolute atomic E-state index is 11.4. The first-order valence-corrected chi connectivity index (χ1v) is 6.40. The first-order chi connectivity index (χ1) is 7.14. The number of furan rings is 1. The molecule has 5 nitrogen and oxygen atoms in total. The Morgan fingerprint density at radius 2 is 2.20 bits per heavy atom. The predicted octanol–water partition coefficient (Wildman–Crippen LogP) is 0.471. The molecule has 0 atom stereocenters. The van der Waals surface area contributed by atoms with Crippen LogP contribution in [0, 0.1) is 0 Å². The van der Waals surface area contributed by atoms with Crippen molar-refractivity contribution in [2.45, 2.75) is 19.4 Å². The van der Waals surface area contributed by atoms with E-state index in [4.69, 9.17) is 9.52 Å². The first-order valence-electron chi connectivity index (χ1n) is 4.74.